The van der Waals surface area contributed by atoms with Gasteiger partial charge in [0.25, 0.3) is 0 Å². The van der Waals surface area contributed by atoms with Crippen molar-refractivity contribution in [3.63, 3.8) is 0 Å². The van der Waals surface area contributed by atoms with E-state index in [1.165, 1.54) is 4.90 Å². The lowest BCUT2D eigenvalue weighted by Gasteiger charge is -2.18. The van der Waals surface area contributed by atoms with Gasteiger partial charge in [-0.15, -0.1) is 0 Å². The third-order valence-corrected chi connectivity index (χ3v) is 6.47. The molecular formula is C24H32N4O3. The number of carbonyl (C=O) groups is 2. The highest BCUT2D eigenvalue weighted by Gasteiger charge is 2.58. The van der Waals surface area contributed by atoms with Crippen molar-refractivity contribution in [1.82, 2.24) is 15.5 Å². The summed E-state index contributed by atoms with van der Waals surface area (Å²) in [5, 5.41) is 6.56. The minimum atomic E-state index is -0.109. The summed E-state index contributed by atoms with van der Waals surface area (Å²) in [6.07, 6.45) is 6.90. The number of allylic oxidation sites excluding steroid dienone is 2. The Morgan fingerprint density at radius 3 is 2.58 bits per heavy atom. The van der Waals surface area contributed by atoms with Crippen LogP contribution < -0.4 is 15.4 Å². The number of ether oxygens (including phenoxy) is 1. The Kier molecular flexibility index (Phi) is 6.59. The maximum Gasteiger partial charge on any atom is 0.233 e. The first kappa shape index (κ1) is 21.4. The van der Waals surface area contributed by atoms with Gasteiger partial charge in [0, 0.05) is 26.7 Å². The molecule has 1 heterocycles. The van der Waals surface area contributed by atoms with Gasteiger partial charge in [-0.3, -0.25) is 19.5 Å². The monoisotopic (exact) mass is 424 g/mol. The van der Waals surface area contributed by atoms with Gasteiger partial charge in [-0.05, 0) is 48.8 Å². The molecule has 7 heteroatoms. The van der Waals surface area contributed by atoms with Crippen molar-refractivity contribution in [3.05, 3.63) is 42.0 Å². The molecule has 2 aliphatic carbocycles. The molecular weight excluding hydrogens is 392 g/mol. The number of benzene rings is 1. The maximum absolute atomic E-state index is 12.7. The molecule has 1 aliphatic heterocycles. The van der Waals surface area contributed by atoms with Gasteiger partial charge in [-0.25, -0.2) is 0 Å². The number of amides is 2. The quantitative estimate of drug-likeness (QED) is 0.209. The molecule has 3 aliphatic rings. The van der Waals surface area contributed by atoms with E-state index in [2.05, 4.69) is 34.7 Å². The summed E-state index contributed by atoms with van der Waals surface area (Å²) >= 11 is 0. The summed E-state index contributed by atoms with van der Waals surface area (Å²) in [5.74, 6) is 1.94. The smallest absolute Gasteiger partial charge is 0.233 e. The molecule has 0 aromatic heterocycles. The number of imide groups is 1. The Labute approximate surface area is 183 Å². The minimum Gasteiger partial charge on any atom is -0.494 e. The van der Waals surface area contributed by atoms with Crippen molar-refractivity contribution < 1.29 is 14.3 Å². The SMILES string of the molecule is CCCOc1cccc(CNC(=NC)NCCCN2C(=O)C3C4C=CC(C4)C3C2=O)c1. The fourth-order valence-electron chi connectivity index (χ4n) is 5.00. The Bertz CT molecular complexity index is 851. The first-order chi connectivity index (χ1) is 15.1. The van der Waals surface area contributed by atoms with Crippen molar-refractivity contribution in [3.8, 4) is 5.75 Å². The summed E-state index contributed by atoms with van der Waals surface area (Å²) < 4.78 is 5.68. The highest BCUT2D eigenvalue weighted by molar-refractivity contribution is 6.06. The lowest BCUT2D eigenvalue weighted by atomic mass is 9.85. The summed E-state index contributed by atoms with van der Waals surface area (Å²) in [7, 11) is 1.73. The third-order valence-electron chi connectivity index (χ3n) is 6.47. The molecule has 0 spiro atoms. The third kappa shape index (κ3) is 4.45. The number of likely N-dealkylation sites (tertiary alicyclic amines) is 1. The van der Waals surface area contributed by atoms with Gasteiger partial charge < -0.3 is 15.4 Å². The van der Waals surface area contributed by atoms with Crippen molar-refractivity contribution in [2.45, 2.75) is 32.7 Å². The van der Waals surface area contributed by atoms with Crippen LogP contribution in [-0.4, -0.2) is 49.4 Å². The predicted octanol–water partition coefficient (Wildman–Crippen LogP) is 2.34. The fourth-order valence-corrected chi connectivity index (χ4v) is 5.00. The van der Waals surface area contributed by atoms with Crippen molar-refractivity contribution >= 4 is 17.8 Å². The molecule has 7 nitrogen and oxygen atoms in total. The standard InChI is InChI=1S/C24H32N4O3/c1-3-12-31-19-7-4-6-16(13-19)15-27-24(25-2)26-10-5-11-28-22(29)20-17-8-9-18(14-17)21(20)23(28)30/h4,6-9,13,17-18,20-21H,3,5,10-12,14-15H2,1-2H3,(H2,25,26,27). The Morgan fingerprint density at radius 2 is 1.90 bits per heavy atom. The van der Waals surface area contributed by atoms with Crippen LogP contribution in [0.15, 0.2) is 41.4 Å². The molecule has 2 amide bonds. The Morgan fingerprint density at radius 1 is 1.16 bits per heavy atom. The van der Waals surface area contributed by atoms with Crippen LogP contribution in [0.5, 0.6) is 5.75 Å². The Balaban J connectivity index is 1.20. The molecule has 1 saturated carbocycles. The van der Waals surface area contributed by atoms with Crippen LogP contribution in [-0.2, 0) is 16.1 Å². The second-order valence-electron chi connectivity index (χ2n) is 8.53. The number of nitrogens with one attached hydrogen (secondary N) is 2. The highest BCUT2D eigenvalue weighted by Crippen LogP contribution is 2.52. The number of hydrogen-bond donors (Lipinski definition) is 2. The first-order valence-electron chi connectivity index (χ1n) is 11.3. The summed E-state index contributed by atoms with van der Waals surface area (Å²) in [5.41, 5.74) is 1.11. The van der Waals surface area contributed by atoms with Gasteiger partial charge in [0.2, 0.25) is 11.8 Å². The second-order valence-corrected chi connectivity index (χ2v) is 8.53. The molecule has 4 rings (SSSR count). The van der Waals surface area contributed by atoms with E-state index in [9.17, 15) is 9.59 Å². The fraction of sp³-hybridized carbons (Fsp3) is 0.542. The molecule has 4 atom stereocenters. The van der Waals surface area contributed by atoms with Crippen LogP contribution in [0.25, 0.3) is 0 Å². The molecule has 2 fully saturated rings. The van der Waals surface area contributed by atoms with Crippen LogP contribution in [0.4, 0.5) is 0 Å². The van der Waals surface area contributed by atoms with E-state index in [0.29, 0.717) is 38.6 Å². The number of carbonyl (C=O) groups excluding carboxylic acids is 2. The van der Waals surface area contributed by atoms with Crippen LogP contribution in [0, 0.1) is 23.7 Å². The molecule has 2 bridgehead atoms. The number of fused-ring (bicyclic) bond motifs is 5. The van der Waals surface area contributed by atoms with E-state index >= 15 is 0 Å². The topological polar surface area (TPSA) is 83.0 Å². The molecule has 31 heavy (non-hydrogen) atoms. The summed E-state index contributed by atoms with van der Waals surface area (Å²) in [6.45, 7) is 4.53. The predicted molar refractivity (Wildman–Crippen MR) is 119 cm³/mol. The van der Waals surface area contributed by atoms with Gasteiger partial charge >= 0.3 is 0 Å². The maximum atomic E-state index is 12.7. The molecule has 4 unspecified atom stereocenters. The Hall–Kier alpha value is -2.83. The van der Waals surface area contributed by atoms with Crippen LogP contribution in [0.1, 0.15) is 31.7 Å². The number of hydrogen-bond acceptors (Lipinski definition) is 4. The van der Waals surface area contributed by atoms with E-state index in [-0.39, 0.29) is 35.5 Å². The summed E-state index contributed by atoms with van der Waals surface area (Å²) in [6, 6.07) is 8.02. The zero-order chi connectivity index (χ0) is 21.8. The van der Waals surface area contributed by atoms with E-state index in [4.69, 9.17) is 4.74 Å². The molecule has 1 saturated heterocycles. The van der Waals surface area contributed by atoms with Gasteiger partial charge in [-0.2, -0.15) is 0 Å². The van der Waals surface area contributed by atoms with Crippen molar-refractivity contribution in [2.24, 2.45) is 28.7 Å². The van der Waals surface area contributed by atoms with Gasteiger partial charge in [-0.1, -0.05) is 31.2 Å². The molecule has 1 aromatic carbocycles. The van der Waals surface area contributed by atoms with E-state index in [1.807, 2.05) is 24.3 Å². The summed E-state index contributed by atoms with van der Waals surface area (Å²) in [4.78, 5) is 31.2. The zero-order valence-electron chi connectivity index (χ0n) is 18.3. The van der Waals surface area contributed by atoms with Gasteiger partial charge in [0.1, 0.15) is 5.75 Å². The van der Waals surface area contributed by atoms with Gasteiger partial charge in [0.05, 0.1) is 18.4 Å². The van der Waals surface area contributed by atoms with E-state index < -0.39 is 0 Å². The first-order valence-corrected chi connectivity index (χ1v) is 11.3. The zero-order valence-corrected chi connectivity index (χ0v) is 18.3. The highest BCUT2D eigenvalue weighted by atomic mass is 16.5. The second kappa shape index (κ2) is 9.54. The van der Waals surface area contributed by atoms with E-state index in [0.717, 1.165) is 24.2 Å². The number of nitrogens with zero attached hydrogens (tertiary/aromatic N) is 2. The number of rotatable bonds is 9. The number of aliphatic imine (C=N–C) groups is 1. The number of guanidine groups is 1. The average Bonchev–Trinajstić information content (AvgIpc) is 3.47. The average molecular weight is 425 g/mol. The van der Waals surface area contributed by atoms with E-state index in [1.54, 1.807) is 7.05 Å². The van der Waals surface area contributed by atoms with Crippen LogP contribution >= 0.6 is 0 Å². The molecule has 2 N–H and O–H groups in total. The van der Waals surface area contributed by atoms with Gasteiger partial charge in [0.15, 0.2) is 5.96 Å². The largest absolute Gasteiger partial charge is 0.494 e. The minimum absolute atomic E-state index is 0.0273. The molecule has 1 aromatic rings. The lowest BCUT2D eigenvalue weighted by molar-refractivity contribution is -0.140. The normalized spacial score (nSPS) is 26.5. The van der Waals surface area contributed by atoms with Crippen molar-refractivity contribution in [2.75, 3.05) is 26.7 Å². The molecule has 0 radical (unpaired) electrons. The van der Waals surface area contributed by atoms with Crippen LogP contribution in [0.3, 0.4) is 0 Å². The van der Waals surface area contributed by atoms with Crippen LogP contribution in [0.2, 0.25) is 0 Å². The lowest BCUT2D eigenvalue weighted by Crippen LogP contribution is -2.39. The molecule has 166 valence electrons. The van der Waals surface area contributed by atoms with Crippen molar-refractivity contribution in [1.29, 1.82) is 0 Å².